The van der Waals surface area contributed by atoms with Gasteiger partial charge in [0, 0.05) is 35.0 Å². The van der Waals surface area contributed by atoms with E-state index in [1.54, 1.807) is 12.4 Å². The number of hydrogen-bond donors (Lipinski definition) is 2. The van der Waals surface area contributed by atoms with E-state index in [9.17, 15) is 10.4 Å². The van der Waals surface area contributed by atoms with E-state index in [4.69, 9.17) is 12.6 Å². The SMILES string of the molecule is N#CC1=C([S-])N[C@@](O)(c2ccccc2)[C@H]([n+]2ccc3ccccc3c2)[C@H]1c1ccncc1. The molecule has 0 aliphatic carbocycles. The van der Waals surface area contributed by atoms with E-state index < -0.39 is 17.7 Å². The summed E-state index contributed by atoms with van der Waals surface area (Å²) in [4.78, 5) is 4.13. The van der Waals surface area contributed by atoms with Crippen molar-refractivity contribution in [2.45, 2.75) is 17.7 Å². The first-order chi connectivity index (χ1) is 15.6. The van der Waals surface area contributed by atoms with Gasteiger partial charge in [-0.15, -0.1) is 0 Å². The lowest BCUT2D eigenvalue weighted by Gasteiger charge is -2.45. The van der Waals surface area contributed by atoms with E-state index in [0.717, 1.165) is 16.3 Å². The van der Waals surface area contributed by atoms with E-state index in [-0.39, 0.29) is 5.03 Å². The van der Waals surface area contributed by atoms with E-state index in [2.05, 4.69) is 16.4 Å². The molecule has 3 heterocycles. The number of fused-ring (bicyclic) bond motifs is 1. The summed E-state index contributed by atoms with van der Waals surface area (Å²) >= 11 is 5.58. The van der Waals surface area contributed by atoms with Gasteiger partial charge >= 0.3 is 0 Å². The molecule has 5 nitrogen and oxygen atoms in total. The largest absolute Gasteiger partial charge is 0.762 e. The number of allylic oxidation sites excluding steroid dienone is 1. The Bertz CT molecular complexity index is 1350. The molecule has 156 valence electrons. The number of benzene rings is 2. The van der Waals surface area contributed by atoms with Gasteiger partial charge in [-0.1, -0.05) is 53.6 Å². The molecule has 0 saturated heterocycles. The van der Waals surface area contributed by atoms with Crippen LogP contribution < -0.4 is 9.88 Å². The van der Waals surface area contributed by atoms with Gasteiger partial charge < -0.3 is 23.1 Å². The van der Waals surface area contributed by atoms with Crippen molar-refractivity contribution in [2.75, 3.05) is 0 Å². The lowest BCUT2D eigenvalue weighted by Crippen LogP contribution is -2.62. The van der Waals surface area contributed by atoms with Gasteiger partial charge in [-0.3, -0.25) is 4.98 Å². The second-order valence-electron chi connectivity index (χ2n) is 7.84. The third-order valence-electron chi connectivity index (χ3n) is 6.03. The van der Waals surface area contributed by atoms with E-state index in [0.29, 0.717) is 11.1 Å². The van der Waals surface area contributed by atoms with Gasteiger partial charge in [-0.05, 0) is 29.1 Å². The maximum Gasteiger partial charge on any atom is 0.225 e. The second-order valence-corrected chi connectivity index (χ2v) is 8.24. The van der Waals surface area contributed by atoms with Crippen molar-refractivity contribution >= 4 is 23.4 Å². The number of hydrogen-bond acceptors (Lipinski definition) is 5. The Hall–Kier alpha value is -3.79. The molecule has 0 radical (unpaired) electrons. The van der Waals surface area contributed by atoms with Crippen molar-refractivity contribution in [3.8, 4) is 6.07 Å². The lowest BCUT2D eigenvalue weighted by molar-refractivity contribution is -0.742. The highest BCUT2D eigenvalue weighted by Gasteiger charge is 2.54. The van der Waals surface area contributed by atoms with Crippen LogP contribution in [0.5, 0.6) is 0 Å². The summed E-state index contributed by atoms with van der Waals surface area (Å²) in [6.07, 6.45) is 7.34. The van der Waals surface area contributed by atoms with Crippen LogP contribution in [0.3, 0.4) is 0 Å². The summed E-state index contributed by atoms with van der Waals surface area (Å²) in [5.41, 5.74) is 0.404. The predicted molar refractivity (Wildman–Crippen MR) is 124 cm³/mol. The van der Waals surface area contributed by atoms with Gasteiger partial charge in [0.1, 0.15) is 0 Å². The fourth-order valence-electron chi connectivity index (χ4n) is 4.54. The lowest BCUT2D eigenvalue weighted by atomic mass is 9.75. The van der Waals surface area contributed by atoms with Gasteiger partial charge in [0.15, 0.2) is 12.4 Å². The minimum atomic E-state index is -1.54. The number of nitrogens with one attached hydrogen (secondary N) is 1. The molecule has 2 aromatic heterocycles. The third-order valence-corrected chi connectivity index (χ3v) is 6.36. The molecule has 0 amide bonds. The smallest absolute Gasteiger partial charge is 0.225 e. The molecule has 0 saturated carbocycles. The molecule has 0 bridgehead atoms. The molecule has 2 aromatic carbocycles. The first kappa shape index (κ1) is 20.1. The first-order valence-electron chi connectivity index (χ1n) is 10.3. The van der Waals surface area contributed by atoms with Crippen LogP contribution in [-0.4, -0.2) is 10.1 Å². The van der Waals surface area contributed by atoms with E-state index in [1.807, 2.05) is 89.8 Å². The van der Waals surface area contributed by atoms with Crippen molar-refractivity contribution in [1.29, 1.82) is 5.26 Å². The predicted octanol–water partition coefficient (Wildman–Crippen LogP) is 3.58. The topological polar surface area (TPSA) is 72.8 Å². The number of nitrogens with zero attached hydrogens (tertiary/aromatic N) is 3. The van der Waals surface area contributed by atoms with Crippen molar-refractivity contribution < 1.29 is 9.67 Å². The minimum absolute atomic E-state index is 0.248. The fourth-order valence-corrected chi connectivity index (χ4v) is 4.87. The Morgan fingerprint density at radius 3 is 2.38 bits per heavy atom. The molecular formula is C26H20N4OS. The van der Waals surface area contributed by atoms with Gasteiger partial charge in [0.25, 0.3) is 0 Å². The van der Waals surface area contributed by atoms with E-state index in [1.165, 1.54) is 0 Å². The quantitative estimate of drug-likeness (QED) is 0.379. The van der Waals surface area contributed by atoms with Crippen LogP contribution >= 0.6 is 0 Å². The molecule has 1 aliphatic rings. The fraction of sp³-hybridized carbons (Fsp3) is 0.115. The molecule has 6 heteroatoms. The molecular weight excluding hydrogens is 416 g/mol. The number of aromatic nitrogens is 2. The zero-order chi connectivity index (χ0) is 22.1. The summed E-state index contributed by atoms with van der Waals surface area (Å²) < 4.78 is 1.98. The average molecular weight is 437 g/mol. The molecule has 32 heavy (non-hydrogen) atoms. The highest BCUT2D eigenvalue weighted by atomic mass is 32.1. The second kappa shape index (κ2) is 8.04. The Balaban J connectivity index is 1.81. The molecule has 0 spiro atoms. The van der Waals surface area contributed by atoms with Gasteiger partial charge in [0.2, 0.25) is 11.8 Å². The monoisotopic (exact) mass is 436 g/mol. The average Bonchev–Trinajstić information content (AvgIpc) is 2.84. The highest BCUT2D eigenvalue weighted by Crippen LogP contribution is 2.46. The van der Waals surface area contributed by atoms with Gasteiger partial charge in [0.05, 0.1) is 12.0 Å². The number of aliphatic hydroxyl groups is 1. The van der Waals surface area contributed by atoms with Crippen LogP contribution in [0, 0.1) is 11.3 Å². The van der Waals surface area contributed by atoms with Crippen LogP contribution in [0.25, 0.3) is 10.8 Å². The maximum absolute atomic E-state index is 12.2. The highest BCUT2D eigenvalue weighted by molar-refractivity contribution is 7.63. The van der Waals surface area contributed by atoms with Gasteiger partial charge in [-0.2, -0.15) is 9.83 Å². The third kappa shape index (κ3) is 3.28. The van der Waals surface area contributed by atoms with Crippen molar-refractivity contribution in [3.63, 3.8) is 0 Å². The molecule has 0 unspecified atom stereocenters. The van der Waals surface area contributed by atoms with Crippen LogP contribution in [0.15, 0.2) is 108 Å². The van der Waals surface area contributed by atoms with Crippen LogP contribution in [0.2, 0.25) is 0 Å². The maximum atomic E-state index is 12.2. The normalized spacial score (nSPS) is 22.9. The zero-order valence-corrected chi connectivity index (χ0v) is 17.9. The van der Waals surface area contributed by atoms with Gasteiger partial charge in [-0.25, -0.2) is 0 Å². The van der Waals surface area contributed by atoms with Crippen molar-refractivity contribution in [1.82, 2.24) is 10.3 Å². The Labute approximate surface area is 191 Å². The van der Waals surface area contributed by atoms with Crippen molar-refractivity contribution in [3.05, 3.63) is 119 Å². The first-order valence-corrected chi connectivity index (χ1v) is 10.7. The number of nitriles is 1. The molecule has 2 N–H and O–H groups in total. The Morgan fingerprint density at radius 2 is 1.66 bits per heavy atom. The summed E-state index contributed by atoms with van der Waals surface area (Å²) in [5.74, 6) is -0.479. The summed E-state index contributed by atoms with van der Waals surface area (Å²) in [6.45, 7) is 0. The molecule has 1 aliphatic heterocycles. The Morgan fingerprint density at radius 1 is 0.969 bits per heavy atom. The molecule has 0 fully saturated rings. The standard InChI is InChI=1S/C26H20N4OS/c27-16-22-23(19-10-13-28-14-11-19)24(30-15-12-18-6-4-5-7-20(18)17-30)26(31,29-25(22)32)21-8-2-1-3-9-21/h1-15,17,23-24,29,31H/t23-,24+,26+/m0/s1. The molecule has 5 rings (SSSR count). The Kier molecular flexibility index (Phi) is 5.06. The van der Waals surface area contributed by atoms with Crippen LogP contribution in [0.4, 0.5) is 0 Å². The summed E-state index contributed by atoms with van der Waals surface area (Å²) in [5, 5.41) is 27.7. The number of pyridine rings is 2. The van der Waals surface area contributed by atoms with Crippen LogP contribution in [0.1, 0.15) is 23.1 Å². The summed E-state index contributed by atoms with van der Waals surface area (Å²) in [6, 6.07) is 24.9. The van der Waals surface area contributed by atoms with Crippen molar-refractivity contribution in [2.24, 2.45) is 0 Å². The molecule has 3 atom stereocenters. The minimum Gasteiger partial charge on any atom is -0.762 e. The van der Waals surface area contributed by atoms with Crippen LogP contribution in [-0.2, 0) is 18.4 Å². The summed E-state index contributed by atoms with van der Waals surface area (Å²) in [7, 11) is 0. The van der Waals surface area contributed by atoms with E-state index >= 15 is 0 Å². The molecule has 4 aromatic rings. The zero-order valence-electron chi connectivity index (χ0n) is 17.1. The number of rotatable bonds is 3.